The zero-order chi connectivity index (χ0) is 14.4. The quantitative estimate of drug-likeness (QED) is 0.467. The van der Waals surface area contributed by atoms with Crippen LogP contribution in [-0.4, -0.2) is 21.6 Å². The molecule has 1 heterocycles. The minimum atomic E-state index is 0.245. The summed E-state index contributed by atoms with van der Waals surface area (Å²) < 4.78 is 1.94. The maximum atomic E-state index is 5.66. The van der Waals surface area contributed by atoms with Crippen molar-refractivity contribution < 1.29 is 0 Å². The molecule has 0 spiro atoms. The molecule has 0 amide bonds. The summed E-state index contributed by atoms with van der Waals surface area (Å²) in [6, 6.07) is 8.79. The van der Waals surface area contributed by atoms with E-state index in [1.807, 2.05) is 22.6 Å². The van der Waals surface area contributed by atoms with Crippen molar-refractivity contribution in [3.8, 4) is 0 Å². The van der Waals surface area contributed by atoms with Crippen molar-refractivity contribution in [3.05, 3.63) is 47.8 Å². The van der Waals surface area contributed by atoms with Crippen LogP contribution in [0.3, 0.4) is 0 Å². The third kappa shape index (κ3) is 4.37. The number of aromatic nitrogens is 2. The van der Waals surface area contributed by atoms with E-state index in [0.717, 1.165) is 18.7 Å². The van der Waals surface area contributed by atoms with Crippen LogP contribution in [0.15, 0.2) is 41.6 Å². The van der Waals surface area contributed by atoms with Crippen molar-refractivity contribution in [1.29, 1.82) is 0 Å². The number of hydrogen-bond donors (Lipinski definition) is 2. The molecule has 2 aromatic rings. The average Bonchev–Trinajstić information content (AvgIpc) is 2.91. The molecule has 0 fully saturated rings. The molecule has 0 aliphatic carbocycles. The molecular weight excluding hydrogens is 268 g/mol. The second-order valence-electron chi connectivity index (χ2n) is 4.90. The molecule has 0 saturated carbocycles. The van der Waals surface area contributed by atoms with E-state index >= 15 is 0 Å². The second-order valence-corrected chi connectivity index (χ2v) is 5.99. The van der Waals surface area contributed by atoms with Crippen LogP contribution in [0.2, 0.25) is 0 Å². The molecule has 2 rings (SSSR count). The number of hydrazine groups is 1. The van der Waals surface area contributed by atoms with Gasteiger partial charge in [-0.05, 0) is 38.0 Å². The van der Waals surface area contributed by atoms with Crippen LogP contribution in [0.5, 0.6) is 0 Å². The van der Waals surface area contributed by atoms with E-state index in [2.05, 4.69) is 54.8 Å². The Kier molecular flexibility index (Phi) is 5.64. The Hall–Kier alpha value is -1.30. The Morgan fingerprint density at radius 3 is 2.95 bits per heavy atom. The minimum Gasteiger partial charge on any atom is -0.273 e. The van der Waals surface area contributed by atoms with Crippen LogP contribution in [0, 0.1) is 6.92 Å². The lowest BCUT2D eigenvalue weighted by Crippen LogP contribution is -2.38. The Bertz CT molecular complexity index is 538. The maximum absolute atomic E-state index is 5.66. The number of hydrogen-bond acceptors (Lipinski definition) is 4. The smallest absolute Gasteiger partial charge is 0.0522 e. The molecule has 20 heavy (non-hydrogen) atoms. The molecule has 0 aliphatic rings. The van der Waals surface area contributed by atoms with Gasteiger partial charge in [-0.3, -0.25) is 16.0 Å². The van der Waals surface area contributed by atoms with E-state index in [0.29, 0.717) is 0 Å². The molecule has 1 aromatic carbocycles. The molecule has 3 N–H and O–H groups in total. The Labute approximate surface area is 124 Å². The average molecular weight is 290 g/mol. The molecule has 1 unspecified atom stereocenters. The lowest BCUT2D eigenvalue weighted by atomic mass is 10.1. The first-order valence-corrected chi connectivity index (χ1v) is 7.86. The summed E-state index contributed by atoms with van der Waals surface area (Å²) in [5, 5.41) is 4.29. The first kappa shape index (κ1) is 15.1. The van der Waals surface area contributed by atoms with E-state index in [-0.39, 0.29) is 6.04 Å². The molecule has 1 atom stereocenters. The first-order chi connectivity index (χ1) is 9.71. The molecule has 5 heteroatoms. The zero-order valence-corrected chi connectivity index (χ0v) is 12.9. The summed E-state index contributed by atoms with van der Waals surface area (Å²) in [7, 11) is 0. The van der Waals surface area contributed by atoms with Gasteiger partial charge in [-0.2, -0.15) is 5.10 Å². The Morgan fingerprint density at radius 1 is 1.45 bits per heavy atom. The Balaban J connectivity index is 1.89. The third-order valence-electron chi connectivity index (χ3n) is 3.17. The number of nitrogens with zero attached hydrogens (tertiary/aromatic N) is 2. The standard InChI is InChI=1S/C15H22N4S/c1-3-19-10-13(9-17-19)8-14(18-16)11-20-15-6-4-5-12(2)7-15/h4-7,9-10,14,18H,3,8,11,16H2,1-2H3. The van der Waals surface area contributed by atoms with Gasteiger partial charge in [0.05, 0.1) is 6.20 Å². The van der Waals surface area contributed by atoms with Gasteiger partial charge in [-0.25, -0.2) is 0 Å². The van der Waals surface area contributed by atoms with Crippen LogP contribution in [-0.2, 0) is 13.0 Å². The lowest BCUT2D eigenvalue weighted by Gasteiger charge is -2.14. The van der Waals surface area contributed by atoms with E-state index < -0.39 is 0 Å². The monoisotopic (exact) mass is 290 g/mol. The Morgan fingerprint density at radius 2 is 2.30 bits per heavy atom. The maximum Gasteiger partial charge on any atom is 0.0522 e. The predicted molar refractivity (Wildman–Crippen MR) is 84.6 cm³/mol. The third-order valence-corrected chi connectivity index (χ3v) is 4.33. The van der Waals surface area contributed by atoms with Crippen LogP contribution >= 0.6 is 11.8 Å². The molecule has 0 radical (unpaired) electrons. The summed E-state index contributed by atoms with van der Waals surface area (Å²) in [4.78, 5) is 1.29. The largest absolute Gasteiger partial charge is 0.273 e. The van der Waals surface area contributed by atoms with E-state index in [1.54, 1.807) is 0 Å². The molecule has 0 bridgehead atoms. The first-order valence-electron chi connectivity index (χ1n) is 6.88. The highest BCUT2D eigenvalue weighted by atomic mass is 32.2. The van der Waals surface area contributed by atoms with Crippen molar-refractivity contribution in [1.82, 2.24) is 15.2 Å². The molecular formula is C15H22N4S. The van der Waals surface area contributed by atoms with Crippen molar-refractivity contribution >= 4 is 11.8 Å². The number of nitrogens with one attached hydrogen (secondary N) is 1. The minimum absolute atomic E-state index is 0.245. The highest BCUT2D eigenvalue weighted by Crippen LogP contribution is 2.20. The fourth-order valence-electron chi connectivity index (χ4n) is 2.04. The highest BCUT2D eigenvalue weighted by Gasteiger charge is 2.10. The van der Waals surface area contributed by atoms with Crippen molar-refractivity contribution in [2.75, 3.05) is 5.75 Å². The SMILES string of the molecule is CCn1cc(CC(CSc2cccc(C)c2)NN)cn1. The van der Waals surface area contributed by atoms with Crippen molar-refractivity contribution in [3.63, 3.8) is 0 Å². The van der Waals surface area contributed by atoms with Gasteiger partial charge in [0.15, 0.2) is 0 Å². The predicted octanol–water partition coefficient (Wildman–Crippen LogP) is 2.38. The molecule has 4 nitrogen and oxygen atoms in total. The molecule has 1 aromatic heterocycles. The van der Waals surface area contributed by atoms with Crippen LogP contribution in [0.4, 0.5) is 0 Å². The fourth-order valence-corrected chi connectivity index (χ4v) is 3.09. The van der Waals surface area contributed by atoms with Gasteiger partial charge < -0.3 is 0 Å². The van der Waals surface area contributed by atoms with Gasteiger partial charge >= 0.3 is 0 Å². The van der Waals surface area contributed by atoms with Gasteiger partial charge in [0.25, 0.3) is 0 Å². The van der Waals surface area contributed by atoms with E-state index in [4.69, 9.17) is 5.84 Å². The van der Waals surface area contributed by atoms with Gasteiger partial charge in [-0.15, -0.1) is 11.8 Å². The number of aryl methyl sites for hydroxylation is 2. The normalized spacial score (nSPS) is 12.6. The summed E-state index contributed by atoms with van der Waals surface area (Å²) >= 11 is 1.83. The van der Waals surface area contributed by atoms with Crippen LogP contribution in [0.25, 0.3) is 0 Å². The topological polar surface area (TPSA) is 55.9 Å². The van der Waals surface area contributed by atoms with E-state index in [1.165, 1.54) is 16.0 Å². The van der Waals surface area contributed by atoms with Crippen molar-refractivity contribution in [2.45, 2.75) is 37.8 Å². The molecule has 108 valence electrons. The number of benzene rings is 1. The van der Waals surface area contributed by atoms with Gasteiger partial charge in [0, 0.05) is 29.4 Å². The van der Waals surface area contributed by atoms with Crippen molar-refractivity contribution in [2.24, 2.45) is 5.84 Å². The van der Waals surface area contributed by atoms with Gasteiger partial charge in [0.1, 0.15) is 0 Å². The number of thioether (sulfide) groups is 1. The summed E-state index contributed by atoms with van der Waals surface area (Å²) in [6.07, 6.45) is 4.90. The summed E-state index contributed by atoms with van der Waals surface area (Å²) in [5.74, 6) is 6.61. The fraction of sp³-hybridized carbons (Fsp3) is 0.400. The summed E-state index contributed by atoms with van der Waals surface area (Å²) in [6.45, 7) is 5.10. The lowest BCUT2D eigenvalue weighted by molar-refractivity contribution is 0.574. The van der Waals surface area contributed by atoms with Gasteiger partial charge in [-0.1, -0.05) is 17.7 Å². The highest BCUT2D eigenvalue weighted by molar-refractivity contribution is 7.99. The molecule has 0 aliphatic heterocycles. The molecule has 0 saturated heterocycles. The van der Waals surface area contributed by atoms with Crippen LogP contribution in [0.1, 0.15) is 18.1 Å². The number of nitrogens with two attached hydrogens (primary N) is 1. The van der Waals surface area contributed by atoms with Crippen LogP contribution < -0.4 is 11.3 Å². The number of rotatable bonds is 7. The van der Waals surface area contributed by atoms with E-state index in [9.17, 15) is 0 Å². The second kappa shape index (κ2) is 7.47. The zero-order valence-electron chi connectivity index (χ0n) is 12.0. The van der Waals surface area contributed by atoms with Gasteiger partial charge in [0.2, 0.25) is 0 Å². The summed E-state index contributed by atoms with van der Waals surface area (Å²) in [5.41, 5.74) is 5.42.